The van der Waals surface area contributed by atoms with Gasteiger partial charge in [0.05, 0.1) is 11.9 Å². The third-order valence-electron chi connectivity index (χ3n) is 9.42. The first-order chi connectivity index (χ1) is 20.7. The third kappa shape index (κ3) is 5.08. The molecule has 1 aliphatic carbocycles. The summed E-state index contributed by atoms with van der Waals surface area (Å²) in [6.45, 7) is 6.19. The fraction of sp³-hybridized carbons (Fsp3) is 0.438. The molecule has 2 fully saturated rings. The lowest BCUT2D eigenvalue weighted by Gasteiger charge is -2.26. The summed E-state index contributed by atoms with van der Waals surface area (Å²) in [5.41, 5.74) is 6.25. The molecule has 1 saturated heterocycles. The summed E-state index contributed by atoms with van der Waals surface area (Å²) in [4.78, 5) is 19.0. The van der Waals surface area contributed by atoms with Crippen molar-refractivity contribution in [2.75, 3.05) is 18.0 Å². The zero-order valence-corrected chi connectivity index (χ0v) is 25.3. The van der Waals surface area contributed by atoms with Gasteiger partial charge in [0.1, 0.15) is 16.2 Å². The van der Waals surface area contributed by atoms with Crippen molar-refractivity contribution in [3.63, 3.8) is 0 Å². The number of hydrogen-bond donors (Lipinski definition) is 1. The first kappa shape index (κ1) is 28.0. The van der Waals surface area contributed by atoms with Crippen LogP contribution in [-0.2, 0) is 27.9 Å². The van der Waals surface area contributed by atoms with Crippen molar-refractivity contribution in [3.8, 4) is 0 Å². The highest BCUT2D eigenvalue weighted by molar-refractivity contribution is 7.89. The van der Waals surface area contributed by atoms with Gasteiger partial charge in [0.2, 0.25) is 10.0 Å². The summed E-state index contributed by atoms with van der Waals surface area (Å²) in [7, 11) is -3.80. The molecule has 0 spiro atoms. The Labute approximate surface area is 251 Å². The van der Waals surface area contributed by atoms with Crippen molar-refractivity contribution in [3.05, 3.63) is 76.5 Å². The SMILES string of the molecule is Cc1ccc(C(CC(=O)O)c2ccc3c(nnn3CC3CC3)c2C)cc1CN1C[C@H]2CCCN2c2ncccc2S1(=O)=O. The van der Waals surface area contributed by atoms with E-state index in [4.69, 9.17) is 0 Å². The lowest BCUT2D eigenvalue weighted by atomic mass is 9.84. The molecule has 0 bridgehead atoms. The molecule has 2 atom stereocenters. The van der Waals surface area contributed by atoms with Crippen LogP contribution in [0, 0.1) is 19.8 Å². The number of rotatable bonds is 8. The summed E-state index contributed by atoms with van der Waals surface area (Å²) in [6.07, 6.45) is 5.91. The molecule has 4 heterocycles. The molecule has 10 nitrogen and oxygen atoms in total. The number of anilines is 1. The number of sulfonamides is 1. The van der Waals surface area contributed by atoms with E-state index in [2.05, 4.69) is 20.2 Å². The van der Waals surface area contributed by atoms with Gasteiger partial charge in [-0.3, -0.25) is 4.79 Å². The predicted molar refractivity (Wildman–Crippen MR) is 162 cm³/mol. The molecule has 2 aliphatic heterocycles. The molecule has 0 radical (unpaired) electrons. The molecule has 1 saturated carbocycles. The fourth-order valence-electron chi connectivity index (χ4n) is 6.82. The van der Waals surface area contributed by atoms with E-state index in [1.807, 2.05) is 48.9 Å². The van der Waals surface area contributed by atoms with E-state index in [0.717, 1.165) is 64.8 Å². The van der Waals surface area contributed by atoms with Gasteiger partial charge in [-0.15, -0.1) is 5.10 Å². The van der Waals surface area contributed by atoms with Gasteiger partial charge in [0.15, 0.2) is 0 Å². The van der Waals surface area contributed by atoms with Crippen LogP contribution in [0.2, 0.25) is 0 Å². The van der Waals surface area contributed by atoms with E-state index >= 15 is 0 Å². The highest BCUT2D eigenvalue weighted by atomic mass is 32.2. The van der Waals surface area contributed by atoms with Crippen molar-refractivity contribution in [1.82, 2.24) is 24.3 Å². The molecule has 0 amide bonds. The molecule has 1 N–H and O–H groups in total. The highest BCUT2D eigenvalue weighted by Crippen LogP contribution is 2.38. The zero-order chi connectivity index (χ0) is 29.9. The quantitative estimate of drug-likeness (QED) is 0.311. The lowest BCUT2D eigenvalue weighted by molar-refractivity contribution is -0.137. The van der Waals surface area contributed by atoms with Gasteiger partial charge in [0, 0.05) is 44.3 Å². The average molecular weight is 601 g/mol. The number of pyridine rings is 1. The Hall–Kier alpha value is -3.83. The molecule has 4 aromatic rings. The second-order valence-corrected chi connectivity index (χ2v) is 14.2. The largest absolute Gasteiger partial charge is 0.481 e. The monoisotopic (exact) mass is 600 g/mol. The molecule has 1 unspecified atom stereocenters. The van der Waals surface area contributed by atoms with Crippen LogP contribution in [0.1, 0.15) is 65.8 Å². The second kappa shape index (κ2) is 10.7. The zero-order valence-electron chi connectivity index (χ0n) is 24.5. The topological polar surface area (TPSA) is 122 Å². The molecule has 3 aliphatic rings. The number of aliphatic carboxylic acids is 1. The van der Waals surface area contributed by atoms with E-state index in [1.165, 1.54) is 12.8 Å². The number of benzene rings is 2. The fourth-order valence-corrected chi connectivity index (χ4v) is 8.42. The van der Waals surface area contributed by atoms with Crippen molar-refractivity contribution in [2.45, 2.75) is 75.9 Å². The summed E-state index contributed by atoms with van der Waals surface area (Å²) >= 11 is 0. The number of hydrogen-bond acceptors (Lipinski definition) is 7. The molecule has 11 heteroatoms. The van der Waals surface area contributed by atoms with Crippen molar-refractivity contribution >= 4 is 32.8 Å². The molecular weight excluding hydrogens is 564 g/mol. The minimum absolute atomic E-state index is 0.0666. The Kier molecular flexibility index (Phi) is 6.97. The average Bonchev–Trinajstić information content (AvgIpc) is 3.54. The molecule has 224 valence electrons. The molecule has 2 aromatic carbocycles. The lowest BCUT2D eigenvalue weighted by Crippen LogP contribution is -2.39. The highest BCUT2D eigenvalue weighted by Gasteiger charge is 2.40. The van der Waals surface area contributed by atoms with Gasteiger partial charge in [-0.2, -0.15) is 4.31 Å². The molecule has 7 rings (SSSR count). The van der Waals surface area contributed by atoms with Crippen LogP contribution in [0.15, 0.2) is 53.6 Å². The van der Waals surface area contributed by atoms with Crippen LogP contribution in [0.25, 0.3) is 11.0 Å². The molecular formula is C32H36N6O4S. The molecule has 43 heavy (non-hydrogen) atoms. The number of aryl methyl sites for hydroxylation is 2. The maximum Gasteiger partial charge on any atom is 0.304 e. The number of carboxylic acids is 1. The summed E-state index contributed by atoms with van der Waals surface area (Å²) in [6, 6.07) is 13.3. The molecule has 2 aromatic heterocycles. The van der Waals surface area contributed by atoms with E-state index in [1.54, 1.807) is 22.6 Å². The number of fused-ring (bicyclic) bond motifs is 4. The first-order valence-corrected chi connectivity index (χ1v) is 16.5. The number of carbonyl (C=O) groups is 1. The summed E-state index contributed by atoms with van der Waals surface area (Å²) in [5, 5.41) is 18.8. The smallest absolute Gasteiger partial charge is 0.304 e. The van der Waals surface area contributed by atoms with Crippen LogP contribution in [0.4, 0.5) is 5.82 Å². The van der Waals surface area contributed by atoms with Gasteiger partial charge in [0.25, 0.3) is 0 Å². The van der Waals surface area contributed by atoms with Crippen LogP contribution >= 0.6 is 0 Å². The van der Waals surface area contributed by atoms with E-state index in [0.29, 0.717) is 18.3 Å². The van der Waals surface area contributed by atoms with Gasteiger partial charge in [-0.25, -0.2) is 18.1 Å². The number of carboxylic acid groups (broad SMARTS) is 1. The Balaban J connectivity index is 1.25. The van der Waals surface area contributed by atoms with Gasteiger partial charge in [-0.1, -0.05) is 29.5 Å². The predicted octanol–water partition coefficient (Wildman–Crippen LogP) is 4.63. The summed E-state index contributed by atoms with van der Waals surface area (Å²) < 4.78 is 31.5. The standard InChI is InChI=1S/C32H36N6O4S/c1-20-7-10-23(27(16-30(39)40)26-11-12-28-31(21(26)2)34-35-38(28)17-22-8-9-22)15-24(20)18-36-19-25-5-4-14-37(25)32-29(43(36,41)42)6-3-13-33-32/h3,6-7,10-13,15,22,25,27H,4-5,8-9,14,16-19H2,1-2H3,(H,39,40)/t25-,27?/m1/s1. The number of aromatic nitrogens is 4. The van der Waals surface area contributed by atoms with E-state index < -0.39 is 21.9 Å². The van der Waals surface area contributed by atoms with Crippen LogP contribution in [0.5, 0.6) is 0 Å². The van der Waals surface area contributed by atoms with Gasteiger partial charge < -0.3 is 10.0 Å². The summed E-state index contributed by atoms with van der Waals surface area (Å²) in [5.74, 6) is -0.125. The van der Waals surface area contributed by atoms with Gasteiger partial charge in [-0.05, 0) is 91.5 Å². The Morgan fingerprint density at radius 1 is 1.12 bits per heavy atom. The van der Waals surface area contributed by atoms with Crippen molar-refractivity contribution in [2.24, 2.45) is 5.92 Å². The van der Waals surface area contributed by atoms with Gasteiger partial charge >= 0.3 is 5.97 Å². The number of nitrogens with zero attached hydrogens (tertiary/aromatic N) is 6. The van der Waals surface area contributed by atoms with Crippen LogP contribution in [-0.4, -0.2) is 62.9 Å². The third-order valence-corrected chi connectivity index (χ3v) is 11.3. The normalized spacial score (nSPS) is 20.5. The Morgan fingerprint density at radius 2 is 1.95 bits per heavy atom. The maximum absolute atomic E-state index is 14.0. The van der Waals surface area contributed by atoms with Crippen molar-refractivity contribution < 1.29 is 18.3 Å². The Bertz CT molecular complexity index is 1830. The van der Waals surface area contributed by atoms with E-state index in [9.17, 15) is 18.3 Å². The Morgan fingerprint density at radius 3 is 2.74 bits per heavy atom. The first-order valence-electron chi connectivity index (χ1n) is 15.1. The van der Waals surface area contributed by atoms with Crippen molar-refractivity contribution in [1.29, 1.82) is 0 Å². The van der Waals surface area contributed by atoms with E-state index in [-0.39, 0.29) is 23.9 Å². The maximum atomic E-state index is 14.0. The second-order valence-electron chi connectivity index (χ2n) is 12.3. The minimum atomic E-state index is -3.80. The minimum Gasteiger partial charge on any atom is -0.481 e. The van der Waals surface area contributed by atoms with Crippen LogP contribution < -0.4 is 4.90 Å². The van der Waals surface area contributed by atoms with Crippen LogP contribution in [0.3, 0.4) is 0 Å².